The highest BCUT2D eigenvalue weighted by Gasteiger charge is 2.64. The molecule has 51 heavy (non-hydrogen) atoms. The first-order chi connectivity index (χ1) is 24.0. The maximum Gasteiger partial charge on any atom is 0.411 e. The average molecular weight is 743 g/mol. The third-order valence-corrected chi connectivity index (χ3v) is 20.4. The number of likely N-dealkylation sites (tertiary alicyclic amines) is 1. The molecule has 0 saturated carbocycles. The summed E-state index contributed by atoms with van der Waals surface area (Å²) in [5.74, 6) is 0.348. The second-order valence-electron chi connectivity index (χ2n) is 16.0. The van der Waals surface area contributed by atoms with Crippen molar-refractivity contribution in [3.05, 3.63) is 54.0 Å². The van der Waals surface area contributed by atoms with Crippen LogP contribution < -0.4 is 4.74 Å². The normalized spacial score (nSPS) is 23.6. The van der Waals surface area contributed by atoms with E-state index in [-0.39, 0.29) is 35.5 Å². The van der Waals surface area contributed by atoms with Crippen molar-refractivity contribution >= 4 is 34.2 Å². The summed E-state index contributed by atoms with van der Waals surface area (Å²) in [6, 6.07) is 8.33. The Bertz CT molecular complexity index is 1630. The van der Waals surface area contributed by atoms with Crippen molar-refractivity contribution in [2.24, 2.45) is 0 Å². The number of benzene rings is 1. The van der Waals surface area contributed by atoms with E-state index in [0.29, 0.717) is 29.1 Å². The highest BCUT2D eigenvalue weighted by Crippen LogP contribution is 2.51. The van der Waals surface area contributed by atoms with Crippen molar-refractivity contribution in [1.29, 1.82) is 0 Å². The van der Waals surface area contributed by atoms with Gasteiger partial charge < -0.3 is 36.9 Å². The van der Waals surface area contributed by atoms with Crippen LogP contribution in [0.5, 0.6) is 5.88 Å². The topological polar surface area (TPSA) is 127 Å². The number of aliphatic hydroxyl groups is 1. The Morgan fingerprint density at radius 3 is 2.18 bits per heavy atom. The number of methoxy groups -OCH3 is 1. The van der Waals surface area contributed by atoms with Crippen LogP contribution in [0, 0.1) is 0 Å². The number of ether oxygens (including phenoxy) is 3. The zero-order chi connectivity index (χ0) is 37.5. The minimum Gasteiger partial charge on any atom is -0.479 e. The Balaban J connectivity index is 1.67. The molecule has 4 atom stereocenters. The third kappa shape index (κ3) is 7.51. The van der Waals surface area contributed by atoms with Crippen LogP contribution in [0.2, 0.25) is 22.2 Å². The van der Waals surface area contributed by atoms with Gasteiger partial charge in [0.25, 0.3) is 0 Å². The lowest BCUT2D eigenvalue weighted by molar-refractivity contribution is -0.0154. The Kier molecular flexibility index (Phi) is 11.8. The lowest BCUT2D eigenvalue weighted by Gasteiger charge is -2.51. The molecule has 3 aromatic rings. The molecule has 0 aliphatic carbocycles. The molecule has 14 heteroatoms. The van der Waals surface area contributed by atoms with Crippen LogP contribution in [-0.4, -0.2) is 85.3 Å². The second-order valence-corrected chi connectivity index (χ2v) is 24.9. The lowest BCUT2D eigenvalue weighted by atomic mass is 10.0. The van der Waals surface area contributed by atoms with Crippen LogP contribution in [0.4, 0.5) is 4.79 Å². The van der Waals surface area contributed by atoms with Crippen molar-refractivity contribution in [1.82, 2.24) is 19.4 Å². The number of fused-ring (bicyclic) bond motifs is 2. The predicted molar refractivity (Wildman–Crippen MR) is 200 cm³/mol. The third-order valence-electron chi connectivity index (χ3n) is 10.1. The van der Waals surface area contributed by atoms with E-state index in [1.165, 1.54) is 6.33 Å². The number of carbonyl (C=O) groups is 1. The number of nitrogens with zero attached hydrogens (tertiary/aromatic N) is 4. The quantitative estimate of drug-likeness (QED) is 0.208. The smallest absolute Gasteiger partial charge is 0.411 e. The van der Waals surface area contributed by atoms with E-state index >= 15 is 0 Å². The van der Waals surface area contributed by atoms with E-state index in [9.17, 15) is 9.90 Å². The molecule has 5 rings (SSSR count). The number of rotatable bonds is 10. The van der Waals surface area contributed by atoms with Crippen molar-refractivity contribution in [3.8, 4) is 5.88 Å². The summed E-state index contributed by atoms with van der Waals surface area (Å²) in [6.45, 7) is 23.3. The van der Waals surface area contributed by atoms with Crippen LogP contribution in [-0.2, 0) is 35.8 Å². The van der Waals surface area contributed by atoms with Crippen molar-refractivity contribution in [2.45, 2.75) is 142 Å². The fourth-order valence-corrected chi connectivity index (χ4v) is 19.0. The van der Waals surface area contributed by atoms with Crippen LogP contribution in [0.15, 0.2) is 42.9 Å². The summed E-state index contributed by atoms with van der Waals surface area (Å²) in [7, 11) is -4.54. The largest absolute Gasteiger partial charge is 0.479 e. The highest BCUT2D eigenvalue weighted by atomic mass is 28.5. The van der Waals surface area contributed by atoms with Crippen molar-refractivity contribution in [3.63, 3.8) is 0 Å². The first-order valence-corrected chi connectivity index (χ1v) is 22.1. The molecular weight excluding hydrogens is 685 g/mol. The summed E-state index contributed by atoms with van der Waals surface area (Å²) < 4.78 is 41.6. The zero-order valence-electron chi connectivity index (χ0n) is 32.4. The summed E-state index contributed by atoms with van der Waals surface area (Å²) in [6.07, 6.45) is 0.734. The first-order valence-electron chi connectivity index (χ1n) is 18.2. The predicted octanol–water partition coefficient (Wildman–Crippen LogP) is 7.59. The molecular formula is C37H58N4O8Si2. The van der Waals surface area contributed by atoms with Gasteiger partial charge in [-0.2, -0.15) is 4.98 Å². The van der Waals surface area contributed by atoms with E-state index in [2.05, 4.69) is 60.4 Å². The van der Waals surface area contributed by atoms with Gasteiger partial charge in [-0.15, -0.1) is 0 Å². The number of aromatic nitrogens is 3. The van der Waals surface area contributed by atoms with Gasteiger partial charge in [0.2, 0.25) is 5.88 Å². The number of amides is 1. The Labute approximate surface area is 305 Å². The first kappa shape index (κ1) is 39.4. The maximum absolute atomic E-state index is 14.5. The molecule has 12 nitrogen and oxygen atoms in total. The number of carbonyl (C=O) groups excluding carboxylic acids is 1. The molecule has 2 aliphatic rings. The summed E-state index contributed by atoms with van der Waals surface area (Å²) >= 11 is 0. The van der Waals surface area contributed by atoms with Gasteiger partial charge >= 0.3 is 23.2 Å². The van der Waals surface area contributed by atoms with Gasteiger partial charge in [-0.3, -0.25) is 4.90 Å². The van der Waals surface area contributed by atoms with Crippen molar-refractivity contribution in [2.75, 3.05) is 13.7 Å². The minimum atomic E-state index is -3.14. The molecule has 2 aromatic heterocycles. The fraction of sp³-hybridized carbons (Fsp3) is 0.649. The molecule has 1 N–H and O–H groups in total. The van der Waals surface area contributed by atoms with Gasteiger partial charge in [-0.1, -0.05) is 85.7 Å². The molecule has 2 aliphatic heterocycles. The molecule has 2 saturated heterocycles. The molecule has 2 fully saturated rings. The fourth-order valence-electron chi connectivity index (χ4n) is 7.73. The Morgan fingerprint density at radius 2 is 1.61 bits per heavy atom. The van der Waals surface area contributed by atoms with E-state index in [1.807, 2.05) is 61.9 Å². The van der Waals surface area contributed by atoms with Gasteiger partial charge in [0, 0.05) is 11.8 Å². The van der Waals surface area contributed by atoms with Crippen molar-refractivity contribution < 1.29 is 37.1 Å². The number of hydrogen-bond donors (Lipinski definition) is 1. The number of aliphatic hydroxyl groups excluding tert-OH is 1. The monoisotopic (exact) mass is 742 g/mol. The maximum atomic E-state index is 14.5. The Morgan fingerprint density at radius 1 is 0.980 bits per heavy atom. The van der Waals surface area contributed by atoms with E-state index < -0.39 is 53.1 Å². The molecule has 0 bridgehead atoms. The van der Waals surface area contributed by atoms with Crippen LogP contribution >= 0.6 is 0 Å². The second kappa shape index (κ2) is 15.2. The zero-order valence-corrected chi connectivity index (χ0v) is 34.4. The standard InChI is InChI=1S/C37H58N4O8Si2/c1-23(2)50(24(3)4)46-20-29-34(48-51(49-50,25(5)6)26(7)8)33(42)31(41(29)36(43)47-37(9,10)11)28-18-40(22-45-19-27-16-14-13-15-17-27)32-30(28)38-21-39-35(32)44-12/h13-18,21,23-26,29,31,33-34,42H,19-20,22H2,1-12H3/t29-,31+,33-,34-/m1/s1. The van der Waals surface area contributed by atoms with Crippen LogP contribution in [0.1, 0.15) is 93.3 Å². The van der Waals surface area contributed by atoms with Gasteiger partial charge in [-0.05, 0) is 48.5 Å². The summed E-state index contributed by atoms with van der Waals surface area (Å²) in [5, 5.41) is 12.6. The molecule has 0 unspecified atom stereocenters. The van der Waals surface area contributed by atoms with Gasteiger partial charge in [0.05, 0.1) is 38.5 Å². The van der Waals surface area contributed by atoms with Crippen LogP contribution in [0.25, 0.3) is 11.0 Å². The van der Waals surface area contributed by atoms with E-state index in [4.69, 9.17) is 32.2 Å². The highest BCUT2D eigenvalue weighted by molar-refractivity contribution is 6.84. The molecule has 0 radical (unpaired) electrons. The van der Waals surface area contributed by atoms with Gasteiger partial charge in [0.1, 0.15) is 35.8 Å². The molecule has 1 amide bonds. The average Bonchev–Trinajstić information content (AvgIpc) is 3.54. The number of hydrogen-bond acceptors (Lipinski definition) is 10. The molecule has 0 spiro atoms. The van der Waals surface area contributed by atoms with E-state index in [1.54, 1.807) is 12.0 Å². The molecule has 282 valence electrons. The molecule has 1 aromatic carbocycles. The summed E-state index contributed by atoms with van der Waals surface area (Å²) in [4.78, 5) is 25.2. The van der Waals surface area contributed by atoms with Crippen LogP contribution in [0.3, 0.4) is 0 Å². The molecule has 4 heterocycles. The van der Waals surface area contributed by atoms with E-state index in [0.717, 1.165) is 5.56 Å². The SMILES string of the molecule is COc1ncnc2c([C@H]3[C@@H](O)[C@@H]4O[Si](C(C)C)(C(C)C)O[Si](C(C)C)(C(C)C)OC[C@H]4N3C(=O)OC(C)(C)C)cn(COCc3ccccc3)c12. The van der Waals surface area contributed by atoms with Gasteiger partial charge in [0.15, 0.2) is 0 Å². The Hall–Kier alpha value is -2.86. The van der Waals surface area contributed by atoms with Gasteiger partial charge in [-0.25, -0.2) is 9.78 Å². The summed E-state index contributed by atoms with van der Waals surface area (Å²) in [5.41, 5.74) is 2.22. The minimum absolute atomic E-state index is 0.0335. The lowest BCUT2D eigenvalue weighted by Crippen LogP contribution is -2.66.